The molecule has 3 aromatic carbocycles. The highest BCUT2D eigenvalue weighted by atomic mass is 35.5. The lowest BCUT2D eigenvalue weighted by Gasteiger charge is -2.16. The minimum absolute atomic E-state index is 0.120. The van der Waals surface area contributed by atoms with Crippen LogP contribution >= 0.6 is 46.4 Å². The van der Waals surface area contributed by atoms with Crippen LogP contribution in [-0.4, -0.2) is 17.8 Å². The van der Waals surface area contributed by atoms with Gasteiger partial charge in [-0.25, -0.2) is 9.69 Å². The first-order valence-corrected chi connectivity index (χ1v) is 11.7. The molecule has 4 rings (SSSR count). The standard InChI is InChI=1S/C25H16Cl4N2O4/c1-12-9-17(10-13(2)20(12)28)35-25(34)14-3-6-16(7-4-14)30-22-21(29)23(32)31(24(22)33)19-8-5-15(26)11-18(19)27/h3-11,30H,1-2H3. The van der Waals surface area contributed by atoms with Crippen LogP contribution in [0.5, 0.6) is 5.75 Å². The molecule has 0 bridgehead atoms. The van der Waals surface area contributed by atoms with E-state index in [9.17, 15) is 14.4 Å². The average molecular weight is 550 g/mol. The third-order valence-electron chi connectivity index (χ3n) is 5.19. The molecule has 0 saturated carbocycles. The molecule has 0 fully saturated rings. The van der Waals surface area contributed by atoms with Crippen LogP contribution in [0.15, 0.2) is 65.3 Å². The number of imide groups is 1. The molecule has 178 valence electrons. The molecule has 3 aromatic rings. The molecule has 1 aliphatic heterocycles. The lowest BCUT2D eigenvalue weighted by Crippen LogP contribution is -2.32. The highest BCUT2D eigenvalue weighted by Gasteiger charge is 2.39. The molecule has 0 aromatic heterocycles. The van der Waals surface area contributed by atoms with Gasteiger partial charge in [-0.1, -0.05) is 46.4 Å². The van der Waals surface area contributed by atoms with Crippen molar-refractivity contribution in [3.8, 4) is 5.75 Å². The van der Waals surface area contributed by atoms with Crippen molar-refractivity contribution in [1.29, 1.82) is 0 Å². The number of ether oxygens (including phenoxy) is 1. The Kier molecular flexibility index (Phi) is 7.10. The number of esters is 1. The summed E-state index contributed by atoms with van der Waals surface area (Å²) in [4.78, 5) is 39.0. The minimum Gasteiger partial charge on any atom is -0.423 e. The molecule has 6 nitrogen and oxygen atoms in total. The number of carbonyl (C=O) groups is 3. The second kappa shape index (κ2) is 9.91. The predicted molar refractivity (Wildman–Crippen MR) is 138 cm³/mol. The lowest BCUT2D eigenvalue weighted by atomic mass is 10.1. The number of nitrogens with zero attached hydrogens (tertiary/aromatic N) is 1. The first-order valence-electron chi connectivity index (χ1n) is 10.2. The molecule has 10 heteroatoms. The van der Waals surface area contributed by atoms with Crippen LogP contribution in [0.25, 0.3) is 0 Å². The molecule has 1 heterocycles. The summed E-state index contributed by atoms with van der Waals surface area (Å²) in [5.41, 5.74) is 2.34. The Hall–Kier alpha value is -3.03. The number of carbonyl (C=O) groups excluding carboxylic acids is 3. The first kappa shape index (κ1) is 25.1. The van der Waals surface area contributed by atoms with E-state index in [1.54, 1.807) is 24.3 Å². The maximum atomic E-state index is 13.0. The van der Waals surface area contributed by atoms with Crippen LogP contribution in [-0.2, 0) is 9.59 Å². The van der Waals surface area contributed by atoms with Crippen LogP contribution in [0.2, 0.25) is 15.1 Å². The third kappa shape index (κ3) is 5.02. The van der Waals surface area contributed by atoms with Crippen molar-refractivity contribution in [1.82, 2.24) is 0 Å². The summed E-state index contributed by atoms with van der Waals surface area (Å²) in [5.74, 6) is -1.59. The van der Waals surface area contributed by atoms with Gasteiger partial charge < -0.3 is 10.1 Å². The van der Waals surface area contributed by atoms with Crippen molar-refractivity contribution in [3.05, 3.63) is 97.1 Å². The van der Waals surface area contributed by atoms with Crippen molar-refractivity contribution in [2.75, 3.05) is 10.2 Å². The van der Waals surface area contributed by atoms with Crippen LogP contribution < -0.4 is 15.0 Å². The van der Waals surface area contributed by atoms with Crippen molar-refractivity contribution in [2.24, 2.45) is 0 Å². The Morgan fingerprint density at radius 3 is 2.09 bits per heavy atom. The van der Waals surface area contributed by atoms with Gasteiger partial charge in [0.25, 0.3) is 11.8 Å². The summed E-state index contributed by atoms with van der Waals surface area (Å²) in [7, 11) is 0. The van der Waals surface area contributed by atoms with Crippen LogP contribution in [0.4, 0.5) is 11.4 Å². The van der Waals surface area contributed by atoms with Gasteiger partial charge in [-0.3, -0.25) is 9.59 Å². The topological polar surface area (TPSA) is 75.7 Å². The number of hydrogen-bond donors (Lipinski definition) is 1. The van der Waals surface area contributed by atoms with Crippen molar-refractivity contribution >= 4 is 75.6 Å². The molecule has 0 atom stereocenters. The molecular weight excluding hydrogens is 534 g/mol. The third-order valence-corrected chi connectivity index (χ3v) is 6.67. The molecule has 0 aliphatic carbocycles. The first-order chi connectivity index (χ1) is 16.6. The molecule has 0 radical (unpaired) electrons. The van der Waals surface area contributed by atoms with E-state index in [2.05, 4.69) is 5.32 Å². The van der Waals surface area contributed by atoms with Crippen LogP contribution in [0.3, 0.4) is 0 Å². The van der Waals surface area contributed by atoms with E-state index < -0.39 is 17.8 Å². The summed E-state index contributed by atoms with van der Waals surface area (Å²) in [6.45, 7) is 3.65. The Bertz CT molecular complexity index is 1390. The van der Waals surface area contributed by atoms with Gasteiger partial charge in [0.05, 0.1) is 16.3 Å². The van der Waals surface area contributed by atoms with Gasteiger partial charge in [0, 0.05) is 15.7 Å². The van der Waals surface area contributed by atoms with E-state index in [1.165, 1.54) is 30.3 Å². The highest BCUT2D eigenvalue weighted by molar-refractivity contribution is 6.54. The summed E-state index contributed by atoms with van der Waals surface area (Å²) < 4.78 is 5.45. The molecule has 35 heavy (non-hydrogen) atoms. The summed E-state index contributed by atoms with van der Waals surface area (Å²) in [6.07, 6.45) is 0. The number of nitrogens with one attached hydrogen (secondary N) is 1. The summed E-state index contributed by atoms with van der Waals surface area (Å²) in [5, 5.41) is 3.64. The summed E-state index contributed by atoms with van der Waals surface area (Å²) >= 11 is 24.4. The number of hydrogen-bond acceptors (Lipinski definition) is 5. The second-order valence-electron chi connectivity index (χ2n) is 7.69. The second-order valence-corrected chi connectivity index (χ2v) is 9.29. The SMILES string of the molecule is Cc1cc(OC(=O)c2ccc(NC3=C(Cl)C(=O)N(c4ccc(Cl)cc4Cl)C3=O)cc2)cc(C)c1Cl. The van der Waals surface area contributed by atoms with E-state index >= 15 is 0 Å². The fourth-order valence-electron chi connectivity index (χ4n) is 3.46. The van der Waals surface area contributed by atoms with Gasteiger partial charge in [-0.2, -0.15) is 0 Å². The van der Waals surface area contributed by atoms with Crippen molar-refractivity contribution in [3.63, 3.8) is 0 Å². The molecule has 1 N–H and O–H groups in total. The number of halogens is 4. The fourth-order valence-corrected chi connectivity index (χ4v) is 4.27. The molecule has 0 spiro atoms. The molecule has 0 unspecified atom stereocenters. The van der Waals surface area contributed by atoms with E-state index in [4.69, 9.17) is 51.1 Å². The normalized spacial score (nSPS) is 13.5. The van der Waals surface area contributed by atoms with Gasteiger partial charge in [0.1, 0.15) is 16.5 Å². The van der Waals surface area contributed by atoms with Gasteiger partial charge in [-0.05, 0) is 79.6 Å². The van der Waals surface area contributed by atoms with Gasteiger partial charge in [0.15, 0.2) is 0 Å². The number of amides is 2. The van der Waals surface area contributed by atoms with Gasteiger partial charge in [0.2, 0.25) is 0 Å². The maximum absolute atomic E-state index is 13.0. The van der Waals surface area contributed by atoms with Crippen LogP contribution in [0, 0.1) is 13.8 Å². The van der Waals surface area contributed by atoms with Crippen molar-refractivity contribution < 1.29 is 19.1 Å². The highest BCUT2D eigenvalue weighted by Crippen LogP contribution is 2.35. The Morgan fingerprint density at radius 2 is 1.49 bits per heavy atom. The summed E-state index contributed by atoms with van der Waals surface area (Å²) in [6, 6.07) is 13.9. The Morgan fingerprint density at radius 1 is 0.857 bits per heavy atom. The van der Waals surface area contributed by atoms with E-state index in [0.29, 0.717) is 21.5 Å². The maximum Gasteiger partial charge on any atom is 0.343 e. The minimum atomic E-state index is -0.725. The smallest absolute Gasteiger partial charge is 0.343 e. The predicted octanol–water partition coefficient (Wildman–Crippen LogP) is 6.92. The zero-order chi connectivity index (χ0) is 25.4. The average Bonchev–Trinajstić information content (AvgIpc) is 3.01. The Balaban J connectivity index is 1.50. The number of anilines is 2. The van der Waals surface area contributed by atoms with E-state index in [0.717, 1.165) is 16.0 Å². The van der Waals surface area contributed by atoms with Gasteiger partial charge in [-0.15, -0.1) is 0 Å². The zero-order valence-corrected chi connectivity index (χ0v) is 21.3. The zero-order valence-electron chi connectivity index (χ0n) is 18.3. The molecule has 1 aliphatic rings. The van der Waals surface area contributed by atoms with E-state index in [1.807, 2.05) is 13.8 Å². The number of rotatable bonds is 5. The van der Waals surface area contributed by atoms with Crippen LogP contribution in [0.1, 0.15) is 21.5 Å². The molecule has 2 amide bonds. The monoisotopic (exact) mass is 548 g/mol. The van der Waals surface area contributed by atoms with Gasteiger partial charge >= 0.3 is 5.97 Å². The quantitative estimate of drug-likeness (QED) is 0.212. The molecular formula is C25H16Cl4N2O4. The lowest BCUT2D eigenvalue weighted by molar-refractivity contribution is -0.120. The number of aryl methyl sites for hydroxylation is 2. The molecule has 0 saturated heterocycles. The van der Waals surface area contributed by atoms with Crippen molar-refractivity contribution in [2.45, 2.75) is 13.8 Å². The largest absolute Gasteiger partial charge is 0.423 e. The Labute approximate surface area is 221 Å². The fraction of sp³-hybridized carbons (Fsp3) is 0.0800. The van der Waals surface area contributed by atoms with E-state index in [-0.39, 0.29) is 27.0 Å². The number of benzene rings is 3.